The van der Waals surface area contributed by atoms with E-state index in [0.717, 1.165) is 16.4 Å². The lowest BCUT2D eigenvalue weighted by molar-refractivity contribution is -0.137. The minimum Gasteiger partial charge on any atom is -0.330 e. The molecule has 1 aromatic carbocycles. The van der Waals surface area contributed by atoms with Crippen LogP contribution in [-0.2, 0) is 10.4 Å². The quantitative estimate of drug-likeness (QED) is 0.626. The van der Waals surface area contributed by atoms with Crippen LogP contribution in [0.25, 0.3) is 0 Å². The number of anilines is 1. The number of alkyl halides is 3. The Morgan fingerprint density at radius 3 is 2.50 bits per heavy atom. The maximum Gasteiger partial charge on any atom is 0.416 e. The van der Waals surface area contributed by atoms with Crippen molar-refractivity contribution in [1.82, 2.24) is 4.90 Å². The fraction of sp³-hybridized carbons (Fsp3) is 0.417. The van der Waals surface area contributed by atoms with Crippen molar-refractivity contribution in [3.05, 3.63) is 29.8 Å². The van der Waals surface area contributed by atoms with Crippen LogP contribution in [0.4, 0.5) is 23.7 Å². The summed E-state index contributed by atoms with van der Waals surface area (Å²) in [5.74, 6) is 0. The minimum atomic E-state index is -4.46. The summed E-state index contributed by atoms with van der Waals surface area (Å²) in [5.41, 5.74) is -0.708. The molecule has 0 saturated carbocycles. The van der Waals surface area contributed by atoms with Gasteiger partial charge in [-0.2, -0.15) is 13.2 Å². The Morgan fingerprint density at radius 1 is 1.35 bits per heavy atom. The van der Waals surface area contributed by atoms with E-state index >= 15 is 0 Å². The maximum absolute atomic E-state index is 12.7. The highest BCUT2D eigenvalue weighted by Crippen LogP contribution is 2.33. The van der Waals surface area contributed by atoms with Gasteiger partial charge in [-0.15, -0.1) is 0 Å². The molecule has 0 atom stereocenters. The van der Waals surface area contributed by atoms with Gasteiger partial charge in [-0.1, -0.05) is 6.07 Å². The molecule has 0 fully saturated rings. The van der Waals surface area contributed by atoms with Gasteiger partial charge in [0.2, 0.25) is 0 Å². The van der Waals surface area contributed by atoms with Gasteiger partial charge in [-0.25, -0.2) is 9.10 Å². The van der Waals surface area contributed by atoms with E-state index < -0.39 is 17.8 Å². The van der Waals surface area contributed by atoms with Crippen molar-refractivity contribution < 1.29 is 22.1 Å². The predicted molar refractivity (Wildman–Crippen MR) is 72.2 cm³/mol. The van der Waals surface area contributed by atoms with Gasteiger partial charge < -0.3 is 4.90 Å². The van der Waals surface area contributed by atoms with Crippen LogP contribution in [0.5, 0.6) is 0 Å². The molecule has 0 aliphatic heterocycles. The number of carbonyl (C=O) groups is 1. The highest BCUT2D eigenvalue weighted by molar-refractivity contribution is 7.96. The lowest BCUT2D eigenvalue weighted by Gasteiger charge is -2.24. The molecule has 112 valence electrons. The molecule has 1 rings (SSSR count). The molecular formula is C12H15F3N2O2S. The summed E-state index contributed by atoms with van der Waals surface area (Å²) in [7, 11) is 3.02. The van der Waals surface area contributed by atoms with Crippen molar-refractivity contribution >= 4 is 23.9 Å². The van der Waals surface area contributed by atoms with Crippen molar-refractivity contribution in [2.75, 3.05) is 25.0 Å². The SMILES string of the molecule is CCOSN(C(=O)N(C)C)c1cccc(C(F)(F)F)c1. The van der Waals surface area contributed by atoms with E-state index in [1.54, 1.807) is 6.92 Å². The maximum atomic E-state index is 12.7. The van der Waals surface area contributed by atoms with Gasteiger partial charge in [0.05, 0.1) is 17.9 Å². The third kappa shape index (κ3) is 4.31. The van der Waals surface area contributed by atoms with Crippen LogP contribution in [-0.4, -0.2) is 31.6 Å². The summed E-state index contributed by atoms with van der Waals surface area (Å²) < 4.78 is 44.2. The molecule has 2 amide bonds. The molecule has 20 heavy (non-hydrogen) atoms. The first-order chi connectivity index (χ1) is 9.27. The highest BCUT2D eigenvalue weighted by Gasteiger charge is 2.31. The second kappa shape index (κ2) is 6.85. The fourth-order valence-corrected chi connectivity index (χ4v) is 1.92. The van der Waals surface area contributed by atoms with Crippen molar-refractivity contribution in [3.63, 3.8) is 0 Å². The molecule has 1 aromatic rings. The summed E-state index contributed by atoms with van der Waals surface area (Å²) >= 11 is 0.705. The first-order valence-electron chi connectivity index (χ1n) is 5.75. The summed E-state index contributed by atoms with van der Waals surface area (Å²) in [4.78, 5) is 13.2. The number of nitrogens with zero attached hydrogens (tertiary/aromatic N) is 2. The van der Waals surface area contributed by atoms with E-state index in [2.05, 4.69) is 0 Å². The van der Waals surface area contributed by atoms with Gasteiger partial charge in [0.15, 0.2) is 0 Å². The van der Waals surface area contributed by atoms with Crippen LogP contribution in [0, 0.1) is 0 Å². The average molecular weight is 308 g/mol. The van der Waals surface area contributed by atoms with E-state index in [0.29, 0.717) is 18.8 Å². The topological polar surface area (TPSA) is 32.8 Å². The first-order valence-corrected chi connectivity index (χ1v) is 6.45. The Labute approximate surface area is 119 Å². The summed E-state index contributed by atoms with van der Waals surface area (Å²) in [5, 5.41) is 0. The van der Waals surface area contributed by atoms with Gasteiger partial charge in [-0.05, 0) is 25.1 Å². The van der Waals surface area contributed by atoms with Crippen molar-refractivity contribution in [2.24, 2.45) is 0 Å². The minimum absolute atomic E-state index is 0.108. The van der Waals surface area contributed by atoms with E-state index in [1.807, 2.05) is 0 Å². The second-order valence-electron chi connectivity index (χ2n) is 4.00. The molecular weight excluding hydrogens is 293 g/mol. The molecule has 4 nitrogen and oxygen atoms in total. The number of benzene rings is 1. The molecule has 0 aliphatic rings. The van der Waals surface area contributed by atoms with Gasteiger partial charge >= 0.3 is 12.2 Å². The van der Waals surface area contributed by atoms with Gasteiger partial charge in [0.25, 0.3) is 0 Å². The van der Waals surface area contributed by atoms with Crippen molar-refractivity contribution in [2.45, 2.75) is 13.1 Å². The molecule has 0 aliphatic carbocycles. The zero-order valence-electron chi connectivity index (χ0n) is 11.3. The summed E-state index contributed by atoms with van der Waals surface area (Å²) in [6.45, 7) is 2.04. The largest absolute Gasteiger partial charge is 0.416 e. The van der Waals surface area contributed by atoms with Gasteiger partial charge in [0.1, 0.15) is 12.2 Å². The zero-order valence-corrected chi connectivity index (χ0v) is 12.1. The number of rotatable bonds is 4. The third-order valence-corrected chi connectivity index (χ3v) is 3.07. The lowest BCUT2D eigenvalue weighted by Crippen LogP contribution is -2.35. The van der Waals surface area contributed by atoms with Crippen LogP contribution >= 0.6 is 12.2 Å². The average Bonchev–Trinajstić information content (AvgIpc) is 2.38. The Kier molecular flexibility index (Phi) is 5.70. The molecule has 0 radical (unpaired) electrons. The molecule has 0 N–H and O–H groups in total. The number of amides is 2. The monoisotopic (exact) mass is 308 g/mol. The van der Waals surface area contributed by atoms with E-state index in [-0.39, 0.29) is 5.69 Å². The van der Waals surface area contributed by atoms with Crippen LogP contribution < -0.4 is 4.31 Å². The first kappa shape index (κ1) is 16.6. The Morgan fingerprint density at radius 2 is 2.00 bits per heavy atom. The molecule has 8 heteroatoms. The molecule has 0 bridgehead atoms. The Bertz CT molecular complexity index is 466. The van der Waals surface area contributed by atoms with Crippen molar-refractivity contribution in [1.29, 1.82) is 0 Å². The van der Waals surface area contributed by atoms with Crippen LogP contribution in [0.15, 0.2) is 24.3 Å². The van der Waals surface area contributed by atoms with Crippen LogP contribution in [0.1, 0.15) is 12.5 Å². The normalized spacial score (nSPS) is 11.3. The highest BCUT2D eigenvalue weighted by atomic mass is 32.2. The smallest absolute Gasteiger partial charge is 0.330 e. The summed E-state index contributed by atoms with van der Waals surface area (Å²) in [6, 6.07) is 4.05. The van der Waals surface area contributed by atoms with Gasteiger partial charge in [0, 0.05) is 14.1 Å². The van der Waals surface area contributed by atoms with Crippen molar-refractivity contribution in [3.8, 4) is 0 Å². The predicted octanol–water partition coefficient (Wildman–Crippen LogP) is 3.79. The van der Waals surface area contributed by atoms with Crippen LogP contribution in [0.2, 0.25) is 0 Å². The lowest BCUT2D eigenvalue weighted by atomic mass is 10.2. The van der Waals surface area contributed by atoms with E-state index in [9.17, 15) is 18.0 Å². The van der Waals surface area contributed by atoms with Crippen LogP contribution in [0.3, 0.4) is 0 Å². The number of carbonyl (C=O) groups excluding carboxylic acids is 1. The number of hydrogen-bond donors (Lipinski definition) is 0. The molecule has 0 heterocycles. The third-order valence-electron chi connectivity index (χ3n) is 2.21. The number of hydrogen-bond acceptors (Lipinski definition) is 3. The Hall–Kier alpha value is -1.41. The molecule has 0 unspecified atom stereocenters. The van der Waals surface area contributed by atoms with E-state index in [1.165, 1.54) is 31.1 Å². The standard InChI is InChI=1S/C12H15F3N2O2S/c1-4-19-20-17(11(18)16(2)3)10-7-5-6-9(8-10)12(13,14)15/h5-8H,4H2,1-3H3. The summed E-state index contributed by atoms with van der Waals surface area (Å²) in [6.07, 6.45) is -4.46. The molecule has 0 spiro atoms. The zero-order chi connectivity index (χ0) is 15.3. The number of halogens is 3. The second-order valence-corrected chi connectivity index (χ2v) is 4.75. The fourth-order valence-electron chi connectivity index (χ4n) is 1.28. The van der Waals surface area contributed by atoms with E-state index in [4.69, 9.17) is 4.18 Å². The van der Waals surface area contributed by atoms with Gasteiger partial charge in [-0.3, -0.25) is 4.18 Å². The Balaban J connectivity index is 3.10. The number of urea groups is 1. The molecule has 0 saturated heterocycles. The molecule has 0 aromatic heterocycles.